The second-order valence-electron chi connectivity index (χ2n) is 38.1. The molecule has 1 aliphatic rings. The van der Waals surface area contributed by atoms with Gasteiger partial charge in [0.1, 0.15) is 109 Å². The summed E-state index contributed by atoms with van der Waals surface area (Å²) in [5, 5.41) is 94.8. The van der Waals surface area contributed by atoms with Crippen LogP contribution in [0.1, 0.15) is 205 Å². The molecule has 56 nitrogen and oxygen atoms in total. The molecule has 37 N–H and O–H groups in total. The van der Waals surface area contributed by atoms with Crippen LogP contribution in [0.3, 0.4) is 0 Å². The van der Waals surface area contributed by atoms with E-state index in [1.165, 1.54) is 55.4 Å². The third kappa shape index (κ3) is 46.4. The Morgan fingerprint density at radius 3 is 1.19 bits per heavy atom. The van der Waals surface area contributed by atoms with Gasteiger partial charge >= 0.3 is 11.9 Å². The van der Waals surface area contributed by atoms with Gasteiger partial charge in [-0.05, 0) is 140 Å². The van der Waals surface area contributed by atoms with Crippen LogP contribution in [0.4, 0.5) is 0 Å². The molecule has 0 aliphatic carbocycles. The molecule has 1 heterocycles. The molecule has 1 fully saturated rings. The van der Waals surface area contributed by atoms with E-state index in [9.17, 15) is 145 Å². The second-order valence-corrected chi connectivity index (χ2v) is 38.1. The fourth-order valence-corrected chi connectivity index (χ4v) is 15.3. The van der Waals surface area contributed by atoms with Gasteiger partial charge in [0.05, 0.1) is 57.1 Å². The monoisotopic (exact) mass is 2120 g/mol. The number of aliphatic carboxylic acids is 2. The Morgan fingerprint density at radius 1 is 0.362 bits per heavy atom. The number of carbonyl (C=O) groups excluding carboxylic acids is 23. The Kier molecular flexibility index (Phi) is 57.4. The molecule has 1 aromatic rings. The number of carboxylic acids is 2. The maximum atomic E-state index is 14.6. The van der Waals surface area contributed by atoms with Gasteiger partial charge in [0.25, 0.3) is 0 Å². The van der Waals surface area contributed by atoms with E-state index >= 15 is 0 Å². The first-order valence-electron chi connectivity index (χ1n) is 49.1. The minimum Gasteiger partial charge on any atom is -0.481 e. The summed E-state index contributed by atoms with van der Waals surface area (Å²) in [4.78, 5) is 341. The Labute approximate surface area is 861 Å². The number of nitrogens with two attached hydrogens (primary N) is 7. The standard InChI is InChI=1S/C93H154N26O30/c1-15-46(10)72(88(143)109-55(34-42(2)3)80(135)104-52(26-19-21-31-94)79(134)116-73(48(12)120)89(144)102-47(11)76(131)105-54(93(148)149)27-20-22-32-95)112-67(128)41-101-77(132)59(39-68(129)130)108-81(136)57(36-63(98)124)107-82(137)58(37-64(99)125)110-85(140)69(43(4)5)114-84(139)61-28-23-33-119(61)92(147)60(38-65(100)126)111-90(145)74(49(13)121)118-91(146)75(50(14)122)117-87(142)71(45(8)9)115-86(141)70(44(6)7)113-83(138)56(35-51-24-17-16-18-25-51)106-78(133)53(29-30-62(97)123)103-66(127)40-96/h16-18,24-25,42-50,52-61,69-75,120-122H,15,19-23,26-41,94-96H2,1-14H3,(H2,97,123)(H2,98,124)(H2,99,125)(H2,100,126)(H,101,132)(H,102,144)(H,103,127)(H,104,135)(H,105,131)(H,106,133)(H,107,137)(H,108,136)(H,109,143)(H,110,140)(H,111,145)(H,112,128)(H,113,138)(H,114,139)(H,115,141)(H,116,134)(H,117,142)(H,118,146)(H,129,130)(H,148,149)/t46-,47-,48+,49+,50+,52-,53-,54-,55-,56-,57-,58-,59-,60-,61-,69-,70-,71-,72-,73-,74-,75-/m0/s1. The van der Waals surface area contributed by atoms with Crippen molar-refractivity contribution >= 4 is 148 Å². The highest BCUT2D eigenvalue weighted by Gasteiger charge is 2.46. The van der Waals surface area contributed by atoms with Gasteiger partial charge in [-0.3, -0.25) is 115 Å². The third-order valence-electron chi connectivity index (χ3n) is 23.8. The number of hydrogen-bond acceptors (Lipinski definition) is 31. The van der Waals surface area contributed by atoms with Gasteiger partial charge in [-0.2, -0.15) is 0 Å². The topological polar surface area (TPSA) is 930 Å². The molecule has 1 saturated heterocycles. The summed E-state index contributed by atoms with van der Waals surface area (Å²) in [7, 11) is 0. The van der Waals surface area contributed by atoms with Crippen LogP contribution in [-0.4, -0.2) is 338 Å². The molecule has 23 amide bonds. The highest BCUT2D eigenvalue weighted by Crippen LogP contribution is 2.23. The van der Waals surface area contributed by atoms with E-state index in [4.69, 9.17) is 40.1 Å². The van der Waals surface area contributed by atoms with Gasteiger partial charge in [-0.1, -0.05) is 106 Å². The fraction of sp³-hybridized carbons (Fsp3) is 0.667. The number of likely N-dealkylation sites (tertiary alicyclic amines) is 1. The molecule has 0 saturated carbocycles. The SMILES string of the molecule is CC[C@H](C)[C@H](NC(=O)CNC(=O)[C@H](CC(=O)O)NC(=O)[C@H](CC(N)=O)NC(=O)[C@H](CC(N)=O)NC(=O)[C@@H](NC(=O)[C@@H]1CCCN1C(=O)[C@H](CC(N)=O)NC(=O)[C@@H](NC(=O)[C@@H](NC(=O)[C@@H](NC(=O)[C@@H](NC(=O)[C@H](Cc1ccccc1)NC(=O)[C@H](CCC(N)=O)NC(=O)CN)C(C)C)C(C)C)[C@@H](C)O)[C@@H](C)O)C(C)C)C(=O)N[C@@H](CC(C)C)C(=O)N[C@@H](CCCCN)C(=O)N[C@H](C(=O)N[C@@H](C)C(=O)N[C@@H](CCCCN)C(=O)O)[C@@H](C)O. The molecule has 836 valence electrons. The maximum absolute atomic E-state index is 14.6. The van der Waals surface area contributed by atoms with Gasteiger partial charge in [-0.25, -0.2) is 4.79 Å². The van der Waals surface area contributed by atoms with Crippen LogP contribution in [0.15, 0.2) is 30.3 Å². The lowest BCUT2D eigenvalue weighted by molar-refractivity contribution is -0.144. The fourth-order valence-electron chi connectivity index (χ4n) is 15.3. The normalized spacial score (nSPS) is 16.5. The van der Waals surface area contributed by atoms with Crippen molar-refractivity contribution in [2.45, 2.75) is 333 Å². The quantitative estimate of drug-likeness (QED) is 0.0269. The number of primary amides is 4. The second kappa shape index (κ2) is 65.4. The van der Waals surface area contributed by atoms with Gasteiger partial charge in [0.2, 0.25) is 136 Å². The first-order chi connectivity index (χ1) is 69.6. The summed E-state index contributed by atoms with van der Waals surface area (Å²) < 4.78 is 0. The van der Waals surface area contributed by atoms with Crippen LogP contribution in [0, 0.1) is 29.6 Å². The van der Waals surface area contributed by atoms with Crippen molar-refractivity contribution < 1.29 is 145 Å². The number of benzene rings is 1. The highest BCUT2D eigenvalue weighted by molar-refractivity contribution is 6.04. The largest absolute Gasteiger partial charge is 0.481 e. The van der Waals surface area contributed by atoms with Gasteiger partial charge in [0, 0.05) is 19.4 Å². The molecular weight excluding hydrogens is 1960 g/mol. The third-order valence-corrected chi connectivity index (χ3v) is 23.8. The van der Waals surface area contributed by atoms with Gasteiger partial charge in [0.15, 0.2) is 0 Å². The maximum Gasteiger partial charge on any atom is 0.326 e. The first kappa shape index (κ1) is 131. The van der Waals surface area contributed by atoms with Crippen LogP contribution in [-0.2, 0) is 126 Å². The van der Waals surface area contributed by atoms with E-state index in [0.29, 0.717) is 24.8 Å². The molecule has 0 spiro atoms. The van der Waals surface area contributed by atoms with Crippen LogP contribution in [0.2, 0.25) is 0 Å². The lowest BCUT2D eigenvalue weighted by atomic mass is 9.96. The number of aliphatic hydroxyl groups is 3. The minimum atomic E-state index is -2.18. The van der Waals surface area contributed by atoms with E-state index in [1.807, 2.05) is 5.32 Å². The summed E-state index contributed by atoms with van der Waals surface area (Å²) in [6.07, 6.45) is -9.37. The molecule has 149 heavy (non-hydrogen) atoms. The van der Waals surface area contributed by atoms with Crippen molar-refractivity contribution in [1.82, 2.24) is 101 Å². The average molecular weight is 2120 g/mol. The molecule has 2 rings (SSSR count). The zero-order valence-corrected chi connectivity index (χ0v) is 86.4. The van der Waals surface area contributed by atoms with Crippen LogP contribution < -0.4 is 136 Å². The predicted molar refractivity (Wildman–Crippen MR) is 529 cm³/mol. The van der Waals surface area contributed by atoms with E-state index in [-0.39, 0.29) is 89.8 Å². The first-order valence-corrected chi connectivity index (χ1v) is 49.1. The highest BCUT2D eigenvalue weighted by atomic mass is 16.4. The molecule has 0 bridgehead atoms. The number of carbonyl (C=O) groups is 25. The summed E-state index contributed by atoms with van der Waals surface area (Å²) >= 11 is 0. The summed E-state index contributed by atoms with van der Waals surface area (Å²) in [5.41, 5.74) is 39.1. The lowest BCUT2D eigenvalue weighted by Gasteiger charge is -2.32. The summed E-state index contributed by atoms with van der Waals surface area (Å²) in [6, 6.07) is -22.3. The number of carboxylic acid groups (broad SMARTS) is 2. The molecule has 56 heteroatoms. The van der Waals surface area contributed by atoms with Crippen molar-refractivity contribution in [1.29, 1.82) is 0 Å². The minimum absolute atomic E-state index is 0.0245. The summed E-state index contributed by atoms with van der Waals surface area (Å²) in [5.74, 6) is -32.6. The predicted octanol–water partition coefficient (Wildman–Crippen LogP) is -11.5. The molecule has 22 atom stereocenters. The number of aliphatic hydroxyl groups excluding tert-OH is 3. The van der Waals surface area contributed by atoms with Gasteiger partial charge in [-0.15, -0.1) is 0 Å². The molecule has 1 aromatic carbocycles. The average Bonchev–Trinajstić information content (AvgIpc) is 1.68. The lowest BCUT2D eigenvalue weighted by Crippen LogP contribution is -2.64. The van der Waals surface area contributed by atoms with E-state index in [0.717, 1.165) is 25.7 Å². The molecule has 0 unspecified atom stereocenters. The Balaban J connectivity index is 2.40. The number of nitrogens with one attached hydrogen (secondary N) is 18. The number of unbranched alkanes of at least 4 members (excludes halogenated alkanes) is 2. The zero-order chi connectivity index (χ0) is 113. The number of nitrogens with zero attached hydrogens (tertiary/aromatic N) is 1. The molecule has 0 radical (unpaired) electrons. The Bertz CT molecular complexity index is 4800. The van der Waals surface area contributed by atoms with Crippen molar-refractivity contribution in [2.75, 3.05) is 32.7 Å². The van der Waals surface area contributed by atoms with E-state index in [1.54, 1.807) is 51.1 Å². The smallest absolute Gasteiger partial charge is 0.326 e. The van der Waals surface area contributed by atoms with E-state index < -0.39 is 337 Å². The molecular formula is C93H154N26O30. The number of rotatable bonds is 69. The van der Waals surface area contributed by atoms with Crippen molar-refractivity contribution in [2.24, 2.45) is 69.7 Å². The van der Waals surface area contributed by atoms with Crippen molar-refractivity contribution in [3.8, 4) is 0 Å². The van der Waals surface area contributed by atoms with Crippen LogP contribution in [0.5, 0.6) is 0 Å². The Morgan fingerprint density at radius 2 is 0.732 bits per heavy atom. The molecule has 1 aliphatic heterocycles. The van der Waals surface area contributed by atoms with Crippen molar-refractivity contribution in [3.63, 3.8) is 0 Å². The van der Waals surface area contributed by atoms with Crippen LogP contribution in [0.25, 0.3) is 0 Å². The number of hydrogen-bond donors (Lipinski definition) is 30. The van der Waals surface area contributed by atoms with Gasteiger partial charge < -0.3 is 166 Å². The number of amides is 23. The van der Waals surface area contributed by atoms with E-state index in [2.05, 4.69) is 90.4 Å². The Hall–Kier alpha value is -14.3. The van der Waals surface area contributed by atoms with Crippen LogP contribution >= 0.6 is 0 Å². The van der Waals surface area contributed by atoms with Crippen molar-refractivity contribution in [3.05, 3.63) is 35.9 Å². The zero-order valence-electron chi connectivity index (χ0n) is 86.4. The summed E-state index contributed by atoms with van der Waals surface area (Å²) in [6.45, 7) is 18.4. The molecule has 0 aromatic heterocycles.